The van der Waals surface area contributed by atoms with Gasteiger partial charge in [0.1, 0.15) is 5.56 Å². The van der Waals surface area contributed by atoms with E-state index in [1.165, 1.54) is 12.1 Å². The Morgan fingerprint density at radius 1 is 1.47 bits per heavy atom. The fraction of sp³-hybridized carbons (Fsp3) is 0.300. The zero-order valence-electron chi connectivity index (χ0n) is 9.41. The average Bonchev–Trinajstić information content (AvgIpc) is 2.15. The Morgan fingerprint density at radius 3 is 2.47 bits per heavy atom. The molecular formula is C10H13ClN2O4. The van der Waals surface area contributed by atoms with E-state index in [0.717, 1.165) is 0 Å². The molecule has 6 nitrogen and oxygen atoms in total. The van der Waals surface area contributed by atoms with E-state index in [9.17, 15) is 14.9 Å². The fourth-order valence-corrected chi connectivity index (χ4v) is 1.45. The number of rotatable bonds is 4. The van der Waals surface area contributed by atoms with Crippen LogP contribution in [0.25, 0.3) is 0 Å². The van der Waals surface area contributed by atoms with E-state index < -0.39 is 10.9 Å². The van der Waals surface area contributed by atoms with Crippen LogP contribution in [0.4, 0.5) is 5.69 Å². The molecule has 0 saturated heterocycles. The molecule has 0 aromatic heterocycles. The van der Waals surface area contributed by atoms with Gasteiger partial charge in [0, 0.05) is 12.1 Å². The molecule has 0 saturated carbocycles. The third kappa shape index (κ3) is 3.69. The second kappa shape index (κ2) is 6.17. The molecule has 0 heterocycles. The summed E-state index contributed by atoms with van der Waals surface area (Å²) in [5, 5.41) is 19.7. The van der Waals surface area contributed by atoms with Crippen molar-refractivity contribution in [3.05, 3.63) is 39.4 Å². The van der Waals surface area contributed by atoms with Gasteiger partial charge in [-0.15, -0.1) is 12.4 Å². The summed E-state index contributed by atoms with van der Waals surface area (Å²) in [7, 11) is 3.52. The number of nitro groups is 1. The van der Waals surface area contributed by atoms with E-state index in [1.54, 1.807) is 25.1 Å². The molecule has 0 fully saturated rings. The Morgan fingerprint density at radius 2 is 2.06 bits per heavy atom. The quantitative estimate of drug-likeness (QED) is 0.659. The minimum absolute atomic E-state index is 0. The molecule has 1 aromatic rings. The molecule has 1 N–H and O–H groups in total. The summed E-state index contributed by atoms with van der Waals surface area (Å²) >= 11 is 0. The maximum absolute atomic E-state index is 10.9. The minimum Gasteiger partial charge on any atom is -0.477 e. The highest BCUT2D eigenvalue weighted by Crippen LogP contribution is 2.24. The maximum Gasteiger partial charge on any atom is 0.342 e. The number of nitro benzene ring substituents is 1. The number of benzene rings is 1. The van der Waals surface area contributed by atoms with Gasteiger partial charge in [-0.25, -0.2) is 4.79 Å². The Hall–Kier alpha value is -1.66. The molecule has 0 unspecified atom stereocenters. The van der Waals surface area contributed by atoms with Crippen LogP contribution in [0.2, 0.25) is 0 Å². The van der Waals surface area contributed by atoms with Gasteiger partial charge in [-0.2, -0.15) is 0 Å². The van der Waals surface area contributed by atoms with Crippen LogP contribution in [0.1, 0.15) is 15.9 Å². The van der Waals surface area contributed by atoms with E-state index in [-0.39, 0.29) is 23.7 Å². The molecule has 0 aliphatic rings. The molecule has 1 rings (SSSR count). The van der Waals surface area contributed by atoms with Gasteiger partial charge in [-0.05, 0) is 20.2 Å². The Balaban J connectivity index is 0.00000256. The van der Waals surface area contributed by atoms with Gasteiger partial charge in [0.15, 0.2) is 0 Å². The number of halogens is 1. The van der Waals surface area contributed by atoms with Gasteiger partial charge in [0.2, 0.25) is 0 Å². The number of hydrogen-bond acceptors (Lipinski definition) is 4. The zero-order valence-corrected chi connectivity index (χ0v) is 10.2. The topological polar surface area (TPSA) is 83.7 Å². The standard InChI is InChI=1S/C10H12N2O4.ClH/c1-11(2)6-7-4-3-5-8(10(13)14)9(7)12(15)16;/h3-5H,6H2,1-2H3,(H,13,14);1H. The molecule has 0 amide bonds. The third-order valence-electron chi connectivity index (χ3n) is 2.02. The molecular weight excluding hydrogens is 248 g/mol. The summed E-state index contributed by atoms with van der Waals surface area (Å²) in [5.41, 5.74) is -0.206. The second-order valence-electron chi connectivity index (χ2n) is 3.61. The van der Waals surface area contributed by atoms with Crippen LogP contribution in [-0.2, 0) is 6.54 Å². The van der Waals surface area contributed by atoms with E-state index in [2.05, 4.69) is 0 Å². The van der Waals surface area contributed by atoms with Crippen LogP contribution in [0.5, 0.6) is 0 Å². The first-order valence-electron chi connectivity index (χ1n) is 4.57. The van der Waals surface area contributed by atoms with Gasteiger partial charge in [0.25, 0.3) is 5.69 Å². The van der Waals surface area contributed by atoms with Gasteiger partial charge in [-0.1, -0.05) is 12.1 Å². The number of para-hydroxylation sites is 1. The summed E-state index contributed by atoms with van der Waals surface area (Å²) in [5.74, 6) is -1.28. The van der Waals surface area contributed by atoms with E-state index >= 15 is 0 Å². The molecule has 0 spiro atoms. The van der Waals surface area contributed by atoms with Gasteiger partial charge >= 0.3 is 5.97 Å². The highest BCUT2D eigenvalue weighted by atomic mass is 35.5. The molecule has 1 aromatic carbocycles. The lowest BCUT2D eigenvalue weighted by molar-refractivity contribution is -0.386. The first kappa shape index (κ1) is 15.3. The summed E-state index contributed by atoms with van der Waals surface area (Å²) in [4.78, 5) is 22.8. The summed E-state index contributed by atoms with van der Waals surface area (Å²) in [6.45, 7) is 0.331. The highest BCUT2D eigenvalue weighted by molar-refractivity contribution is 5.93. The van der Waals surface area contributed by atoms with Crippen molar-refractivity contribution in [2.45, 2.75) is 6.54 Å². The number of carboxylic acid groups (broad SMARTS) is 1. The van der Waals surface area contributed by atoms with Crippen LogP contribution in [0, 0.1) is 10.1 Å². The van der Waals surface area contributed by atoms with Gasteiger partial charge in [0.05, 0.1) is 4.92 Å². The van der Waals surface area contributed by atoms with Crippen LogP contribution in [0.3, 0.4) is 0 Å². The molecule has 0 aliphatic heterocycles. The summed E-state index contributed by atoms with van der Waals surface area (Å²) in [6, 6.07) is 4.31. The molecule has 0 atom stereocenters. The first-order valence-corrected chi connectivity index (χ1v) is 4.57. The van der Waals surface area contributed by atoms with E-state index in [4.69, 9.17) is 5.11 Å². The molecule has 0 radical (unpaired) electrons. The summed E-state index contributed by atoms with van der Waals surface area (Å²) < 4.78 is 0. The number of carbonyl (C=O) groups is 1. The van der Waals surface area contributed by atoms with Gasteiger partial charge in [-0.3, -0.25) is 10.1 Å². The fourth-order valence-electron chi connectivity index (χ4n) is 1.45. The van der Waals surface area contributed by atoms with E-state index in [0.29, 0.717) is 12.1 Å². The SMILES string of the molecule is CN(C)Cc1cccc(C(=O)O)c1[N+](=O)[O-].Cl. The molecule has 0 bridgehead atoms. The van der Waals surface area contributed by atoms with Crippen molar-refractivity contribution in [1.29, 1.82) is 0 Å². The smallest absolute Gasteiger partial charge is 0.342 e. The lowest BCUT2D eigenvalue weighted by Crippen LogP contribution is -2.14. The number of nitrogens with zero attached hydrogens (tertiary/aromatic N) is 2. The molecule has 17 heavy (non-hydrogen) atoms. The van der Waals surface area contributed by atoms with Crippen LogP contribution in [-0.4, -0.2) is 35.0 Å². The van der Waals surface area contributed by atoms with Crippen molar-refractivity contribution in [2.75, 3.05) is 14.1 Å². The van der Waals surface area contributed by atoms with Crippen molar-refractivity contribution in [3.8, 4) is 0 Å². The number of carboxylic acids is 1. The van der Waals surface area contributed by atoms with Crippen molar-refractivity contribution in [3.63, 3.8) is 0 Å². The Labute approximate surface area is 104 Å². The predicted molar refractivity (Wildman–Crippen MR) is 64.7 cm³/mol. The zero-order chi connectivity index (χ0) is 12.3. The summed E-state index contributed by atoms with van der Waals surface area (Å²) in [6.07, 6.45) is 0. The van der Waals surface area contributed by atoms with Crippen molar-refractivity contribution in [2.24, 2.45) is 0 Å². The molecule has 7 heteroatoms. The largest absolute Gasteiger partial charge is 0.477 e. The maximum atomic E-state index is 10.9. The van der Waals surface area contributed by atoms with Crippen molar-refractivity contribution < 1.29 is 14.8 Å². The van der Waals surface area contributed by atoms with Crippen LogP contribution < -0.4 is 0 Å². The Kier molecular flexibility index (Phi) is 5.57. The third-order valence-corrected chi connectivity index (χ3v) is 2.02. The lowest BCUT2D eigenvalue weighted by Gasteiger charge is -2.10. The van der Waals surface area contributed by atoms with Crippen LogP contribution in [0.15, 0.2) is 18.2 Å². The normalized spacial score (nSPS) is 9.82. The van der Waals surface area contributed by atoms with Crippen molar-refractivity contribution >= 4 is 24.1 Å². The van der Waals surface area contributed by atoms with Gasteiger partial charge < -0.3 is 10.0 Å². The second-order valence-corrected chi connectivity index (χ2v) is 3.61. The monoisotopic (exact) mass is 260 g/mol. The van der Waals surface area contributed by atoms with Crippen molar-refractivity contribution in [1.82, 2.24) is 4.90 Å². The predicted octanol–water partition coefficient (Wildman–Crippen LogP) is 1.78. The lowest BCUT2D eigenvalue weighted by atomic mass is 10.1. The van der Waals surface area contributed by atoms with E-state index in [1.807, 2.05) is 0 Å². The molecule has 94 valence electrons. The first-order chi connectivity index (χ1) is 7.43. The molecule has 0 aliphatic carbocycles. The van der Waals surface area contributed by atoms with Crippen LogP contribution >= 0.6 is 12.4 Å². The number of hydrogen-bond donors (Lipinski definition) is 1. The minimum atomic E-state index is -1.28. The highest BCUT2D eigenvalue weighted by Gasteiger charge is 2.23. The average molecular weight is 261 g/mol. The Bertz CT molecular complexity index is 434. The number of aromatic carboxylic acids is 1.